The van der Waals surface area contributed by atoms with E-state index in [9.17, 15) is 0 Å². The van der Waals surface area contributed by atoms with Gasteiger partial charge in [-0.3, -0.25) is 5.01 Å². The van der Waals surface area contributed by atoms with E-state index in [1.807, 2.05) is 31.3 Å². The van der Waals surface area contributed by atoms with Crippen LogP contribution in [-0.2, 0) is 6.54 Å². The van der Waals surface area contributed by atoms with Crippen molar-refractivity contribution in [3.63, 3.8) is 0 Å². The van der Waals surface area contributed by atoms with Gasteiger partial charge in [-0.25, -0.2) is 10.8 Å². The number of halogens is 1. The van der Waals surface area contributed by atoms with Crippen LogP contribution in [0.25, 0.3) is 16.8 Å². The number of aryl methyl sites for hydroxylation is 1. The van der Waals surface area contributed by atoms with Crippen LogP contribution < -0.4 is 16.7 Å². The van der Waals surface area contributed by atoms with Gasteiger partial charge in [0.15, 0.2) is 0 Å². The molecular formula is C23H24ClN7S. The molecule has 2 aromatic heterocycles. The highest BCUT2D eigenvalue weighted by molar-refractivity contribution is 7.10. The van der Waals surface area contributed by atoms with Crippen molar-refractivity contribution in [2.75, 3.05) is 5.01 Å². The molecule has 32 heavy (non-hydrogen) atoms. The summed E-state index contributed by atoms with van der Waals surface area (Å²) in [7, 11) is 0. The van der Waals surface area contributed by atoms with Crippen LogP contribution in [0.1, 0.15) is 23.2 Å². The van der Waals surface area contributed by atoms with Crippen molar-refractivity contribution in [2.45, 2.75) is 20.4 Å². The quantitative estimate of drug-likeness (QED) is 0.206. The van der Waals surface area contributed by atoms with Gasteiger partial charge in [-0.05, 0) is 55.8 Å². The van der Waals surface area contributed by atoms with Crippen molar-refractivity contribution in [3.05, 3.63) is 87.3 Å². The Morgan fingerprint density at radius 1 is 1.31 bits per heavy atom. The molecular weight excluding hydrogens is 442 g/mol. The minimum Gasteiger partial charge on any atom is -0.340 e. The summed E-state index contributed by atoms with van der Waals surface area (Å²) in [5, 5.41) is 7.61. The Kier molecular flexibility index (Phi) is 6.18. The van der Waals surface area contributed by atoms with Crippen LogP contribution in [0.3, 0.4) is 0 Å². The number of benzene rings is 1. The van der Waals surface area contributed by atoms with Crippen molar-refractivity contribution < 1.29 is 0 Å². The molecule has 9 heteroatoms. The van der Waals surface area contributed by atoms with Crippen LogP contribution in [0.4, 0.5) is 5.69 Å². The van der Waals surface area contributed by atoms with Crippen molar-refractivity contribution in [3.8, 4) is 11.3 Å². The van der Waals surface area contributed by atoms with Gasteiger partial charge in [0, 0.05) is 37.8 Å². The van der Waals surface area contributed by atoms with E-state index < -0.39 is 0 Å². The van der Waals surface area contributed by atoms with E-state index in [1.54, 1.807) is 17.4 Å². The molecule has 3 aromatic rings. The zero-order valence-corrected chi connectivity index (χ0v) is 19.4. The van der Waals surface area contributed by atoms with E-state index in [4.69, 9.17) is 23.3 Å². The summed E-state index contributed by atoms with van der Waals surface area (Å²) in [5.41, 5.74) is 6.55. The van der Waals surface area contributed by atoms with Gasteiger partial charge >= 0.3 is 0 Å². The zero-order chi connectivity index (χ0) is 22.8. The maximum atomic E-state index is 6.27. The third kappa shape index (κ3) is 4.47. The van der Waals surface area contributed by atoms with E-state index in [0.717, 1.165) is 45.3 Å². The third-order valence-electron chi connectivity index (χ3n) is 5.18. The summed E-state index contributed by atoms with van der Waals surface area (Å²) in [4.78, 5) is 11.4. The van der Waals surface area contributed by atoms with Crippen LogP contribution >= 0.6 is 22.9 Å². The molecule has 3 heterocycles. The molecule has 1 aromatic carbocycles. The Morgan fingerprint density at radius 2 is 2.12 bits per heavy atom. The lowest BCUT2D eigenvalue weighted by atomic mass is 9.98. The highest BCUT2D eigenvalue weighted by Crippen LogP contribution is 2.35. The molecule has 7 nitrogen and oxygen atoms in total. The lowest BCUT2D eigenvalue weighted by Crippen LogP contribution is -2.30. The van der Waals surface area contributed by atoms with Crippen LogP contribution in [0.2, 0.25) is 5.02 Å². The number of nitrogens with one attached hydrogen (secondary N) is 1. The first-order valence-electron chi connectivity index (χ1n) is 9.88. The fourth-order valence-corrected chi connectivity index (χ4v) is 4.51. The fraction of sp³-hybridized carbons (Fsp3) is 0.130. The topological polar surface area (TPSA) is 99.6 Å². The molecule has 0 unspecified atom stereocenters. The monoisotopic (exact) mass is 465 g/mol. The average molecular weight is 466 g/mol. The summed E-state index contributed by atoms with van der Waals surface area (Å²) in [5.74, 6) is 12.2. The number of anilines is 1. The number of thiophene rings is 1. The SMILES string of the molecule is C=C1C=C(c2cc(Cl)ccc2N(N)/C=N\N)C=C(C)N1Cc1ncc(-c2csc(C)c2)[nH]1. The van der Waals surface area contributed by atoms with Gasteiger partial charge in [0.05, 0.1) is 24.1 Å². The minimum absolute atomic E-state index is 0.583. The highest BCUT2D eigenvalue weighted by atomic mass is 35.5. The molecule has 0 amide bonds. The maximum Gasteiger partial charge on any atom is 0.129 e. The van der Waals surface area contributed by atoms with Crippen molar-refractivity contribution >= 4 is 40.5 Å². The van der Waals surface area contributed by atoms with Crippen molar-refractivity contribution in [1.29, 1.82) is 0 Å². The van der Waals surface area contributed by atoms with Crippen molar-refractivity contribution in [2.24, 2.45) is 16.8 Å². The predicted molar refractivity (Wildman–Crippen MR) is 134 cm³/mol. The molecule has 1 aliphatic heterocycles. The van der Waals surface area contributed by atoms with Gasteiger partial charge < -0.3 is 15.7 Å². The van der Waals surface area contributed by atoms with Crippen molar-refractivity contribution in [1.82, 2.24) is 14.9 Å². The number of hydrogen-bond acceptors (Lipinski definition) is 6. The molecule has 4 rings (SSSR count). The summed E-state index contributed by atoms with van der Waals surface area (Å²) < 4.78 is 0. The van der Waals surface area contributed by atoms with Gasteiger partial charge in [-0.15, -0.1) is 11.3 Å². The Bertz CT molecular complexity index is 1250. The predicted octanol–water partition coefficient (Wildman–Crippen LogP) is 5.00. The number of aromatic amines is 1. The number of imidazole rings is 1. The number of nitrogens with zero attached hydrogens (tertiary/aromatic N) is 4. The first kappa shape index (κ1) is 21.9. The second kappa shape index (κ2) is 9.04. The molecule has 0 saturated carbocycles. The fourth-order valence-electron chi connectivity index (χ4n) is 3.63. The summed E-state index contributed by atoms with van der Waals surface area (Å²) in [6.07, 6.45) is 7.29. The number of nitrogens with two attached hydrogens (primary N) is 2. The van der Waals surface area contributed by atoms with Gasteiger partial charge in [0.25, 0.3) is 0 Å². The number of allylic oxidation sites excluding steroid dienone is 4. The second-order valence-electron chi connectivity index (χ2n) is 7.49. The Morgan fingerprint density at radius 3 is 2.81 bits per heavy atom. The lowest BCUT2D eigenvalue weighted by molar-refractivity contribution is 0.422. The second-order valence-corrected chi connectivity index (χ2v) is 9.04. The van der Waals surface area contributed by atoms with E-state index >= 15 is 0 Å². The van der Waals surface area contributed by atoms with Crippen LogP contribution in [0, 0.1) is 6.92 Å². The summed E-state index contributed by atoms with van der Waals surface area (Å²) in [6, 6.07) is 7.62. The van der Waals surface area contributed by atoms with Gasteiger partial charge in [0.2, 0.25) is 0 Å². The molecule has 1 aliphatic rings. The number of aromatic nitrogens is 2. The summed E-state index contributed by atoms with van der Waals surface area (Å²) >= 11 is 7.99. The zero-order valence-electron chi connectivity index (χ0n) is 17.8. The molecule has 0 radical (unpaired) electrons. The number of hydrogen-bond donors (Lipinski definition) is 3. The van der Waals surface area contributed by atoms with E-state index in [2.05, 4.69) is 51.0 Å². The molecule has 0 fully saturated rings. The Balaban J connectivity index is 1.59. The van der Waals surface area contributed by atoms with Gasteiger partial charge in [-0.1, -0.05) is 18.2 Å². The number of rotatable bonds is 6. The van der Waals surface area contributed by atoms with E-state index in [0.29, 0.717) is 11.6 Å². The van der Waals surface area contributed by atoms with Crippen LogP contribution in [-0.4, -0.2) is 21.2 Å². The normalized spacial score (nSPS) is 14.1. The molecule has 0 atom stereocenters. The first-order valence-corrected chi connectivity index (χ1v) is 11.1. The summed E-state index contributed by atoms with van der Waals surface area (Å²) in [6.45, 7) is 8.98. The minimum atomic E-state index is 0.583. The van der Waals surface area contributed by atoms with Crippen LogP contribution in [0.15, 0.2) is 71.1 Å². The molecule has 0 aliphatic carbocycles. The molecule has 0 saturated heterocycles. The van der Waals surface area contributed by atoms with E-state index in [-0.39, 0.29) is 0 Å². The number of H-pyrrole nitrogens is 1. The lowest BCUT2D eigenvalue weighted by Gasteiger charge is -2.30. The Labute approximate surface area is 196 Å². The molecule has 0 bridgehead atoms. The largest absolute Gasteiger partial charge is 0.340 e. The van der Waals surface area contributed by atoms with Crippen LogP contribution in [0.5, 0.6) is 0 Å². The van der Waals surface area contributed by atoms with Gasteiger partial charge in [0.1, 0.15) is 12.2 Å². The Hall–Kier alpha value is -3.33. The molecule has 164 valence electrons. The average Bonchev–Trinajstić information content (AvgIpc) is 3.39. The first-order chi connectivity index (χ1) is 15.4. The smallest absolute Gasteiger partial charge is 0.129 e. The number of hydrazine groups is 1. The molecule has 5 N–H and O–H groups in total. The van der Waals surface area contributed by atoms with Gasteiger partial charge in [-0.2, -0.15) is 5.10 Å². The molecule has 0 spiro atoms. The standard InChI is InChI=1S/C23H24ClN7S/c1-14-6-17(20-9-19(24)4-5-22(20)31(26)13-28-25)7-15(2)30(14)11-23-27-10-21(29-23)18-8-16(3)32-12-18/h4-10,12-13H,1,11,25-26H2,2-3H3,(H,27,29)/b28-13-. The number of hydrazone groups is 1. The highest BCUT2D eigenvalue weighted by Gasteiger charge is 2.20. The van der Waals surface area contributed by atoms with E-state index in [1.165, 1.54) is 16.2 Å². The maximum absolute atomic E-state index is 6.27. The third-order valence-corrected chi connectivity index (χ3v) is 6.27.